The van der Waals surface area contributed by atoms with Gasteiger partial charge < -0.3 is 10.5 Å². The Labute approximate surface area is 123 Å². The molecule has 2 rings (SSSR count). The van der Waals surface area contributed by atoms with Gasteiger partial charge >= 0.3 is 0 Å². The van der Waals surface area contributed by atoms with E-state index in [-0.39, 0.29) is 5.84 Å². The molecule has 0 unspecified atom stereocenters. The van der Waals surface area contributed by atoms with Crippen LogP contribution in [0.4, 0.5) is 0 Å². The zero-order valence-corrected chi connectivity index (χ0v) is 12.2. The maximum atomic E-state index is 7.38. The molecular weight excluding hydrogens is 272 g/mol. The highest BCUT2D eigenvalue weighted by Gasteiger charge is 2.06. The maximum Gasteiger partial charge on any atom is 0.128 e. The van der Waals surface area contributed by atoms with Crippen LogP contribution >= 0.6 is 11.6 Å². The average Bonchev–Trinajstić information content (AvgIpc) is 2.39. The smallest absolute Gasteiger partial charge is 0.128 e. The fourth-order valence-electron chi connectivity index (χ4n) is 1.83. The van der Waals surface area contributed by atoms with E-state index in [4.69, 9.17) is 27.5 Å². The summed E-state index contributed by atoms with van der Waals surface area (Å²) in [5, 5.41) is 7.80. The van der Waals surface area contributed by atoms with Crippen LogP contribution in [0.2, 0.25) is 5.02 Å². The average molecular weight is 289 g/mol. The van der Waals surface area contributed by atoms with E-state index in [1.807, 2.05) is 24.3 Å². The van der Waals surface area contributed by atoms with Crippen LogP contribution in [0.25, 0.3) is 0 Å². The number of benzene rings is 2. The van der Waals surface area contributed by atoms with Crippen molar-refractivity contribution in [2.75, 3.05) is 0 Å². The number of nitrogens with two attached hydrogens (primary N) is 1. The number of amidine groups is 1. The molecule has 0 aliphatic carbocycles. The second-order valence-electron chi connectivity index (χ2n) is 4.88. The second-order valence-corrected chi connectivity index (χ2v) is 5.29. The molecule has 0 aromatic heterocycles. The van der Waals surface area contributed by atoms with Gasteiger partial charge in [0.15, 0.2) is 0 Å². The van der Waals surface area contributed by atoms with E-state index >= 15 is 0 Å². The number of rotatable bonds is 4. The topological polar surface area (TPSA) is 59.1 Å². The molecule has 0 saturated carbocycles. The minimum Gasteiger partial charge on any atom is -0.457 e. The van der Waals surface area contributed by atoms with Gasteiger partial charge in [0, 0.05) is 11.6 Å². The first-order valence-corrected chi connectivity index (χ1v) is 6.77. The van der Waals surface area contributed by atoms with Crippen molar-refractivity contribution in [3.05, 3.63) is 58.6 Å². The van der Waals surface area contributed by atoms with Crippen molar-refractivity contribution in [1.29, 1.82) is 5.41 Å². The second kappa shape index (κ2) is 5.97. The van der Waals surface area contributed by atoms with Gasteiger partial charge in [0.25, 0.3) is 0 Å². The Morgan fingerprint density at radius 2 is 1.70 bits per heavy atom. The summed E-state index contributed by atoms with van der Waals surface area (Å²) in [7, 11) is 0. The number of hydrogen-bond donors (Lipinski definition) is 2. The normalized spacial score (nSPS) is 10.6. The highest BCUT2D eigenvalue weighted by molar-refractivity contribution is 6.34. The SMILES string of the molecule is CC(C)c1ccc(Oc2ccc(C(=N)N)c(Cl)c2)cc1. The van der Waals surface area contributed by atoms with Crippen molar-refractivity contribution in [2.24, 2.45) is 5.73 Å². The first kappa shape index (κ1) is 14.4. The number of halogens is 1. The van der Waals surface area contributed by atoms with Crippen LogP contribution in [0.3, 0.4) is 0 Å². The lowest BCUT2D eigenvalue weighted by Gasteiger charge is -2.10. The molecule has 0 saturated heterocycles. The molecule has 0 atom stereocenters. The predicted molar refractivity (Wildman–Crippen MR) is 83.1 cm³/mol. The van der Waals surface area contributed by atoms with Crippen molar-refractivity contribution >= 4 is 17.4 Å². The molecule has 0 spiro atoms. The summed E-state index contributed by atoms with van der Waals surface area (Å²) >= 11 is 6.06. The van der Waals surface area contributed by atoms with Gasteiger partial charge in [-0.2, -0.15) is 0 Å². The van der Waals surface area contributed by atoms with Gasteiger partial charge in [-0.3, -0.25) is 5.41 Å². The lowest BCUT2D eigenvalue weighted by atomic mass is 10.0. The van der Waals surface area contributed by atoms with Gasteiger partial charge in [0.05, 0.1) is 5.02 Å². The summed E-state index contributed by atoms with van der Waals surface area (Å²) in [6.07, 6.45) is 0. The minimum absolute atomic E-state index is 0.0529. The fourth-order valence-corrected chi connectivity index (χ4v) is 2.11. The first-order valence-electron chi connectivity index (χ1n) is 6.39. The molecule has 0 aliphatic heterocycles. The van der Waals surface area contributed by atoms with Crippen molar-refractivity contribution in [3.63, 3.8) is 0 Å². The molecule has 104 valence electrons. The quantitative estimate of drug-likeness (QED) is 0.641. The van der Waals surface area contributed by atoms with E-state index in [2.05, 4.69) is 13.8 Å². The Kier molecular flexibility index (Phi) is 4.30. The van der Waals surface area contributed by atoms with Gasteiger partial charge in [-0.05, 0) is 35.7 Å². The third kappa shape index (κ3) is 3.31. The summed E-state index contributed by atoms with van der Waals surface area (Å²) in [6.45, 7) is 4.30. The molecule has 0 aliphatic rings. The largest absolute Gasteiger partial charge is 0.457 e. The Bertz CT molecular complexity index is 621. The number of ether oxygens (including phenoxy) is 1. The standard InChI is InChI=1S/C16H17ClN2O/c1-10(2)11-3-5-12(6-4-11)20-13-7-8-14(16(18)19)15(17)9-13/h3-10H,1-2H3,(H3,18,19). The fraction of sp³-hybridized carbons (Fsp3) is 0.188. The summed E-state index contributed by atoms with van der Waals surface area (Å²) in [4.78, 5) is 0. The minimum atomic E-state index is -0.0529. The molecule has 0 amide bonds. The number of hydrogen-bond acceptors (Lipinski definition) is 2. The third-order valence-electron chi connectivity index (χ3n) is 3.01. The molecule has 2 aromatic rings. The van der Waals surface area contributed by atoms with Gasteiger partial charge in [0.1, 0.15) is 17.3 Å². The Hall–Kier alpha value is -2.00. The third-order valence-corrected chi connectivity index (χ3v) is 3.33. The maximum absolute atomic E-state index is 7.38. The Morgan fingerprint density at radius 1 is 1.10 bits per heavy atom. The molecule has 3 nitrogen and oxygen atoms in total. The van der Waals surface area contributed by atoms with Crippen molar-refractivity contribution in [3.8, 4) is 11.5 Å². The van der Waals surface area contributed by atoms with E-state index in [1.165, 1.54) is 5.56 Å². The summed E-state index contributed by atoms with van der Waals surface area (Å²) in [5.74, 6) is 1.81. The van der Waals surface area contributed by atoms with Gasteiger partial charge in [-0.15, -0.1) is 0 Å². The molecule has 4 heteroatoms. The monoisotopic (exact) mass is 288 g/mol. The van der Waals surface area contributed by atoms with E-state index < -0.39 is 0 Å². The lowest BCUT2D eigenvalue weighted by molar-refractivity contribution is 0.482. The van der Waals surface area contributed by atoms with Crippen molar-refractivity contribution in [2.45, 2.75) is 19.8 Å². The molecule has 2 aromatic carbocycles. The van der Waals surface area contributed by atoms with Crippen molar-refractivity contribution < 1.29 is 4.74 Å². The number of nitrogens with one attached hydrogen (secondary N) is 1. The van der Waals surface area contributed by atoms with Crippen LogP contribution in [0.15, 0.2) is 42.5 Å². The zero-order valence-electron chi connectivity index (χ0n) is 11.5. The predicted octanol–water partition coefficient (Wildman–Crippen LogP) is 4.54. The van der Waals surface area contributed by atoms with Crippen LogP contribution in [-0.2, 0) is 0 Å². The van der Waals surface area contributed by atoms with Crippen LogP contribution in [-0.4, -0.2) is 5.84 Å². The molecule has 0 heterocycles. The van der Waals surface area contributed by atoms with E-state index in [1.54, 1.807) is 18.2 Å². The molecule has 3 N–H and O–H groups in total. The Morgan fingerprint density at radius 3 is 2.20 bits per heavy atom. The van der Waals surface area contributed by atoms with Gasteiger partial charge in [-0.25, -0.2) is 0 Å². The van der Waals surface area contributed by atoms with Crippen LogP contribution in [0.5, 0.6) is 11.5 Å². The zero-order chi connectivity index (χ0) is 14.7. The van der Waals surface area contributed by atoms with Crippen molar-refractivity contribution in [1.82, 2.24) is 0 Å². The van der Waals surface area contributed by atoms with Gasteiger partial charge in [0.2, 0.25) is 0 Å². The number of nitrogen functional groups attached to an aromatic ring is 1. The highest BCUT2D eigenvalue weighted by Crippen LogP contribution is 2.27. The molecule has 0 fully saturated rings. The summed E-state index contributed by atoms with van der Waals surface area (Å²) < 4.78 is 5.73. The highest BCUT2D eigenvalue weighted by atomic mass is 35.5. The van der Waals surface area contributed by atoms with E-state index in [0.717, 1.165) is 5.75 Å². The van der Waals surface area contributed by atoms with E-state index in [0.29, 0.717) is 22.3 Å². The van der Waals surface area contributed by atoms with Gasteiger partial charge in [-0.1, -0.05) is 37.6 Å². The van der Waals surface area contributed by atoms with Crippen LogP contribution < -0.4 is 10.5 Å². The Balaban J connectivity index is 2.17. The molecule has 0 radical (unpaired) electrons. The van der Waals surface area contributed by atoms with Crippen LogP contribution in [0, 0.1) is 5.41 Å². The van der Waals surface area contributed by atoms with E-state index in [9.17, 15) is 0 Å². The first-order chi connectivity index (χ1) is 9.47. The summed E-state index contributed by atoms with van der Waals surface area (Å²) in [5.41, 5.74) is 7.19. The lowest BCUT2D eigenvalue weighted by Crippen LogP contribution is -2.11. The van der Waals surface area contributed by atoms with Crippen LogP contribution in [0.1, 0.15) is 30.9 Å². The molecular formula is C16H17ClN2O. The molecule has 0 bridgehead atoms. The summed E-state index contributed by atoms with van der Waals surface area (Å²) in [6, 6.07) is 13.1. The molecule has 20 heavy (non-hydrogen) atoms.